The Bertz CT molecular complexity index is 971. The van der Waals surface area contributed by atoms with E-state index in [-0.39, 0.29) is 4.91 Å². The number of imide groups is 1. The Labute approximate surface area is 171 Å². The number of carbonyl (C=O) groups excluding carboxylic acids is 3. The molecule has 0 spiro atoms. The van der Waals surface area contributed by atoms with Crippen molar-refractivity contribution in [2.24, 2.45) is 0 Å². The number of hydrogen-bond acceptors (Lipinski definition) is 5. The molecule has 148 valence electrons. The average molecular weight is 412 g/mol. The van der Waals surface area contributed by atoms with Crippen molar-refractivity contribution in [3.05, 3.63) is 77.5 Å². The minimum absolute atomic E-state index is 0.226. The third-order valence-corrected chi connectivity index (χ3v) is 4.76. The van der Waals surface area contributed by atoms with Crippen LogP contribution in [-0.2, 0) is 9.59 Å². The summed E-state index contributed by atoms with van der Waals surface area (Å²) in [5.41, 5.74) is 1.09. The third-order valence-electron chi connectivity index (χ3n) is 3.85. The van der Waals surface area contributed by atoms with Gasteiger partial charge < -0.3 is 10.1 Å². The molecule has 1 heterocycles. The summed E-state index contributed by atoms with van der Waals surface area (Å²) in [7, 11) is 0. The van der Waals surface area contributed by atoms with Crippen molar-refractivity contribution in [1.82, 2.24) is 4.90 Å². The summed E-state index contributed by atoms with van der Waals surface area (Å²) < 4.78 is 18.3. The molecule has 3 amide bonds. The van der Waals surface area contributed by atoms with Crippen molar-refractivity contribution in [3.8, 4) is 5.75 Å². The fourth-order valence-electron chi connectivity index (χ4n) is 2.48. The van der Waals surface area contributed by atoms with Crippen LogP contribution in [0.4, 0.5) is 14.9 Å². The second-order valence-corrected chi connectivity index (χ2v) is 6.98. The highest BCUT2D eigenvalue weighted by molar-refractivity contribution is 8.18. The number of nitrogens with zero attached hydrogens (tertiary/aromatic N) is 1. The van der Waals surface area contributed by atoms with E-state index in [0.717, 1.165) is 22.2 Å². The van der Waals surface area contributed by atoms with Crippen LogP contribution in [0.25, 0.3) is 6.08 Å². The number of amides is 3. The van der Waals surface area contributed by atoms with Crippen LogP contribution in [0.2, 0.25) is 0 Å². The van der Waals surface area contributed by atoms with E-state index in [1.807, 2.05) is 0 Å². The lowest BCUT2D eigenvalue weighted by molar-refractivity contribution is -0.127. The van der Waals surface area contributed by atoms with Crippen molar-refractivity contribution in [1.29, 1.82) is 0 Å². The van der Waals surface area contributed by atoms with Gasteiger partial charge in [-0.2, -0.15) is 0 Å². The van der Waals surface area contributed by atoms with Gasteiger partial charge in [-0.1, -0.05) is 24.8 Å². The maximum absolute atomic E-state index is 12.9. The SMILES string of the molecule is C=CCOc1ccc(/C=C2\SC(=O)N(CC(=O)Nc3ccc(F)cc3)C2=O)cc1. The topological polar surface area (TPSA) is 75.7 Å². The zero-order chi connectivity index (χ0) is 20.8. The second kappa shape index (κ2) is 9.20. The molecule has 8 heteroatoms. The Kier molecular flexibility index (Phi) is 6.46. The summed E-state index contributed by atoms with van der Waals surface area (Å²) >= 11 is 0.769. The van der Waals surface area contributed by atoms with Gasteiger partial charge in [0.25, 0.3) is 11.1 Å². The molecule has 29 heavy (non-hydrogen) atoms. The van der Waals surface area contributed by atoms with Gasteiger partial charge in [0.15, 0.2) is 0 Å². The number of ether oxygens (including phenoxy) is 1. The lowest BCUT2D eigenvalue weighted by atomic mass is 10.2. The first kappa shape index (κ1) is 20.3. The van der Waals surface area contributed by atoms with E-state index >= 15 is 0 Å². The average Bonchev–Trinajstić information content (AvgIpc) is 2.96. The number of thioether (sulfide) groups is 1. The molecule has 0 aromatic heterocycles. The number of halogens is 1. The highest BCUT2D eigenvalue weighted by atomic mass is 32.2. The van der Waals surface area contributed by atoms with Crippen LogP contribution >= 0.6 is 11.8 Å². The van der Waals surface area contributed by atoms with Gasteiger partial charge in [0, 0.05) is 5.69 Å². The molecule has 1 fully saturated rings. The number of rotatable bonds is 7. The van der Waals surface area contributed by atoms with Gasteiger partial charge >= 0.3 is 0 Å². The molecule has 2 aromatic rings. The van der Waals surface area contributed by atoms with E-state index in [1.165, 1.54) is 24.3 Å². The highest BCUT2D eigenvalue weighted by Crippen LogP contribution is 2.32. The minimum atomic E-state index is -0.552. The van der Waals surface area contributed by atoms with E-state index < -0.39 is 29.4 Å². The van der Waals surface area contributed by atoms with Gasteiger partial charge in [-0.3, -0.25) is 19.3 Å². The van der Waals surface area contributed by atoms with Gasteiger partial charge in [0.1, 0.15) is 24.7 Å². The predicted octanol–water partition coefficient (Wildman–Crippen LogP) is 4.07. The normalized spacial score (nSPS) is 14.9. The lowest BCUT2D eigenvalue weighted by Crippen LogP contribution is -2.36. The summed E-state index contributed by atoms with van der Waals surface area (Å²) in [5, 5.41) is 2.00. The van der Waals surface area contributed by atoms with Gasteiger partial charge in [-0.25, -0.2) is 4.39 Å². The molecule has 1 saturated heterocycles. The van der Waals surface area contributed by atoms with Crippen LogP contribution in [0.3, 0.4) is 0 Å². The van der Waals surface area contributed by atoms with Gasteiger partial charge in [-0.05, 0) is 59.8 Å². The van der Waals surface area contributed by atoms with Crippen LogP contribution in [0.1, 0.15) is 5.56 Å². The summed E-state index contributed by atoms with van der Waals surface area (Å²) in [5.74, 6) is -0.864. The molecule has 6 nitrogen and oxygen atoms in total. The molecule has 3 rings (SSSR count). The fraction of sp³-hybridized carbons (Fsp3) is 0.0952. The molecule has 0 bridgehead atoms. The van der Waals surface area contributed by atoms with Crippen LogP contribution in [0.15, 0.2) is 66.1 Å². The van der Waals surface area contributed by atoms with Crippen molar-refractivity contribution in [2.75, 3.05) is 18.5 Å². The summed E-state index contributed by atoms with van der Waals surface area (Å²) in [6, 6.07) is 12.2. The highest BCUT2D eigenvalue weighted by Gasteiger charge is 2.36. The molecular weight excluding hydrogens is 395 g/mol. The number of hydrogen-bond donors (Lipinski definition) is 1. The first-order valence-corrected chi connectivity index (χ1v) is 9.42. The quantitative estimate of drug-likeness (QED) is 0.548. The van der Waals surface area contributed by atoms with Crippen LogP contribution in [-0.4, -0.2) is 35.1 Å². The van der Waals surface area contributed by atoms with Crippen molar-refractivity contribution < 1.29 is 23.5 Å². The maximum atomic E-state index is 12.9. The summed E-state index contributed by atoms with van der Waals surface area (Å²) in [6.07, 6.45) is 3.22. The Hall–Kier alpha value is -3.39. The standard InChI is InChI=1S/C21H17FN2O4S/c1-2-11-28-17-9-3-14(4-10-17)12-18-20(26)24(21(27)29-18)13-19(25)23-16-7-5-15(22)6-8-16/h2-10,12H,1,11,13H2,(H,23,25)/b18-12-. The molecule has 0 saturated carbocycles. The van der Waals surface area contributed by atoms with E-state index in [2.05, 4.69) is 11.9 Å². The first-order valence-electron chi connectivity index (χ1n) is 8.61. The molecule has 0 atom stereocenters. The number of benzene rings is 2. The zero-order valence-electron chi connectivity index (χ0n) is 15.3. The Morgan fingerprint density at radius 1 is 1.14 bits per heavy atom. The Morgan fingerprint density at radius 3 is 2.48 bits per heavy atom. The van der Waals surface area contributed by atoms with Gasteiger partial charge in [0.05, 0.1) is 4.91 Å². The fourth-order valence-corrected chi connectivity index (χ4v) is 3.32. The monoisotopic (exact) mass is 412 g/mol. The molecule has 0 aliphatic carbocycles. The van der Waals surface area contributed by atoms with Gasteiger partial charge in [0.2, 0.25) is 5.91 Å². The van der Waals surface area contributed by atoms with E-state index in [0.29, 0.717) is 18.0 Å². The van der Waals surface area contributed by atoms with E-state index in [1.54, 1.807) is 36.4 Å². The minimum Gasteiger partial charge on any atom is -0.490 e. The lowest BCUT2D eigenvalue weighted by Gasteiger charge is -2.12. The molecular formula is C21H17FN2O4S. The molecule has 1 aliphatic heterocycles. The van der Waals surface area contributed by atoms with Crippen LogP contribution < -0.4 is 10.1 Å². The molecule has 0 radical (unpaired) electrons. The maximum Gasteiger partial charge on any atom is 0.294 e. The Morgan fingerprint density at radius 2 is 1.83 bits per heavy atom. The smallest absolute Gasteiger partial charge is 0.294 e. The number of nitrogens with one attached hydrogen (secondary N) is 1. The van der Waals surface area contributed by atoms with Crippen LogP contribution in [0, 0.1) is 5.82 Å². The van der Waals surface area contributed by atoms with Crippen LogP contribution in [0.5, 0.6) is 5.75 Å². The summed E-state index contributed by atoms with van der Waals surface area (Å²) in [6.45, 7) is 3.54. The zero-order valence-corrected chi connectivity index (χ0v) is 16.1. The molecule has 1 N–H and O–H groups in total. The second-order valence-electron chi connectivity index (χ2n) is 5.99. The van der Waals surface area contributed by atoms with Crippen molar-refractivity contribution >= 4 is 40.6 Å². The number of carbonyl (C=O) groups is 3. The van der Waals surface area contributed by atoms with Gasteiger partial charge in [-0.15, -0.1) is 0 Å². The Balaban J connectivity index is 1.64. The molecule has 2 aromatic carbocycles. The van der Waals surface area contributed by atoms with E-state index in [9.17, 15) is 18.8 Å². The largest absolute Gasteiger partial charge is 0.490 e. The molecule has 0 unspecified atom stereocenters. The first-order chi connectivity index (χ1) is 14.0. The number of anilines is 1. The van der Waals surface area contributed by atoms with Crippen molar-refractivity contribution in [3.63, 3.8) is 0 Å². The predicted molar refractivity (Wildman–Crippen MR) is 110 cm³/mol. The summed E-state index contributed by atoms with van der Waals surface area (Å²) in [4.78, 5) is 37.9. The van der Waals surface area contributed by atoms with E-state index in [4.69, 9.17) is 4.74 Å². The third kappa shape index (κ3) is 5.32. The van der Waals surface area contributed by atoms with Crippen molar-refractivity contribution in [2.45, 2.75) is 0 Å². The molecule has 1 aliphatic rings.